The zero-order valence-electron chi connectivity index (χ0n) is 12.2. The number of alkyl halides is 2. The van der Waals surface area contributed by atoms with Gasteiger partial charge in [0.15, 0.2) is 5.78 Å². The second kappa shape index (κ2) is 6.84. The lowest BCUT2D eigenvalue weighted by molar-refractivity contribution is -0.118. The number of carbonyl (C=O) groups is 1. The van der Waals surface area contributed by atoms with Crippen LogP contribution in [0.3, 0.4) is 0 Å². The molecule has 2 atom stereocenters. The summed E-state index contributed by atoms with van der Waals surface area (Å²) in [7, 11) is 0. The van der Waals surface area contributed by atoms with E-state index in [9.17, 15) is 15.0 Å². The summed E-state index contributed by atoms with van der Waals surface area (Å²) in [5.74, 6) is 0.318. The molecule has 3 nitrogen and oxygen atoms in total. The number of phenolic OH excluding ortho intramolecular Hbond substituents is 2. The van der Waals surface area contributed by atoms with Gasteiger partial charge in [0, 0.05) is 0 Å². The lowest BCUT2D eigenvalue weighted by atomic mass is 9.97. The summed E-state index contributed by atoms with van der Waals surface area (Å²) >= 11 is 6.91. The van der Waals surface area contributed by atoms with E-state index in [4.69, 9.17) is 0 Å². The van der Waals surface area contributed by atoms with Gasteiger partial charge < -0.3 is 10.2 Å². The van der Waals surface area contributed by atoms with Gasteiger partial charge in [0.05, 0.1) is 9.65 Å². The first-order valence-electron chi connectivity index (χ1n) is 6.72. The fraction of sp³-hybridized carbons (Fsp3) is 0.235. The van der Waals surface area contributed by atoms with Gasteiger partial charge in [0.25, 0.3) is 0 Å². The van der Waals surface area contributed by atoms with Gasteiger partial charge >= 0.3 is 0 Å². The van der Waals surface area contributed by atoms with E-state index in [1.54, 1.807) is 36.4 Å². The van der Waals surface area contributed by atoms with E-state index in [0.717, 1.165) is 22.3 Å². The molecular weight excluding hydrogens is 412 g/mol. The summed E-state index contributed by atoms with van der Waals surface area (Å²) in [6.45, 7) is 3.71. The van der Waals surface area contributed by atoms with Gasteiger partial charge in [-0.15, -0.1) is 0 Å². The van der Waals surface area contributed by atoms with E-state index < -0.39 is 9.65 Å². The average Bonchev–Trinajstić information content (AvgIpc) is 2.45. The summed E-state index contributed by atoms with van der Waals surface area (Å²) in [6, 6.07) is 9.88. The molecule has 0 aliphatic rings. The Labute approximate surface area is 146 Å². The number of halogens is 2. The molecule has 5 heteroatoms. The topological polar surface area (TPSA) is 57.5 Å². The molecule has 2 aromatic rings. The van der Waals surface area contributed by atoms with Gasteiger partial charge in [-0.2, -0.15) is 0 Å². The quantitative estimate of drug-likeness (QED) is 0.685. The Morgan fingerprint density at radius 2 is 1.23 bits per heavy atom. The van der Waals surface area contributed by atoms with Crippen LogP contribution in [0.15, 0.2) is 36.4 Å². The van der Waals surface area contributed by atoms with Crippen molar-refractivity contribution >= 4 is 37.6 Å². The van der Waals surface area contributed by atoms with Crippen LogP contribution in [0, 0.1) is 13.8 Å². The zero-order valence-corrected chi connectivity index (χ0v) is 15.3. The van der Waals surface area contributed by atoms with E-state index >= 15 is 0 Å². The Morgan fingerprint density at radius 1 is 0.864 bits per heavy atom. The number of ketones is 1. The average molecular weight is 428 g/mol. The lowest BCUT2D eigenvalue weighted by Crippen LogP contribution is -2.14. The van der Waals surface area contributed by atoms with E-state index in [1.165, 1.54) is 0 Å². The number of aryl methyl sites for hydroxylation is 2. The standard InChI is InChI=1S/C17H16Br2O3/c1-9-7-11(20)3-5-13(9)15(18)17(22)16(19)14-6-4-12(21)8-10(14)2/h3-8,15-16,20-21H,1-2H3. The van der Waals surface area contributed by atoms with Gasteiger partial charge in [0.2, 0.25) is 0 Å². The number of benzene rings is 2. The summed E-state index contributed by atoms with van der Waals surface area (Å²) in [5, 5.41) is 18.9. The Hall–Kier alpha value is -1.33. The monoisotopic (exact) mass is 426 g/mol. The molecular formula is C17H16Br2O3. The first-order chi connectivity index (χ1) is 10.3. The van der Waals surface area contributed by atoms with Crippen molar-refractivity contribution in [3.8, 4) is 11.5 Å². The minimum Gasteiger partial charge on any atom is -0.508 e. The van der Waals surface area contributed by atoms with Crippen molar-refractivity contribution in [2.45, 2.75) is 23.5 Å². The molecule has 0 aromatic heterocycles. The van der Waals surface area contributed by atoms with E-state index in [0.29, 0.717) is 0 Å². The maximum atomic E-state index is 12.7. The molecule has 0 aliphatic heterocycles. The molecule has 2 rings (SSSR count). The number of hydrogen-bond donors (Lipinski definition) is 2. The third-order valence-corrected chi connectivity index (χ3v) is 5.44. The minimum atomic E-state index is -0.481. The molecule has 2 unspecified atom stereocenters. The van der Waals surface area contributed by atoms with Crippen LogP contribution in [0.2, 0.25) is 0 Å². The molecule has 0 bridgehead atoms. The molecule has 2 aromatic carbocycles. The summed E-state index contributed by atoms with van der Waals surface area (Å²) in [4.78, 5) is 11.7. The molecule has 0 radical (unpaired) electrons. The first kappa shape index (κ1) is 17.0. The smallest absolute Gasteiger partial charge is 0.168 e. The van der Waals surface area contributed by atoms with Crippen LogP contribution in [0.5, 0.6) is 11.5 Å². The van der Waals surface area contributed by atoms with Gasteiger partial charge in [-0.1, -0.05) is 44.0 Å². The molecule has 0 heterocycles. The summed E-state index contributed by atoms with van der Waals surface area (Å²) < 4.78 is 0. The lowest BCUT2D eigenvalue weighted by Gasteiger charge is -2.18. The largest absolute Gasteiger partial charge is 0.508 e. The van der Waals surface area contributed by atoms with Crippen molar-refractivity contribution in [1.82, 2.24) is 0 Å². The maximum Gasteiger partial charge on any atom is 0.168 e. The number of hydrogen-bond acceptors (Lipinski definition) is 3. The van der Waals surface area contributed by atoms with Gasteiger partial charge in [-0.3, -0.25) is 4.79 Å². The molecule has 22 heavy (non-hydrogen) atoms. The Balaban J connectivity index is 2.29. The van der Waals surface area contributed by atoms with Crippen molar-refractivity contribution in [2.75, 3.05) is 0 Å². The van der Waals surface area contributed by atoms with Gasteiger partial charge in [0.1, 0.15) is 11.5 Å². The van der Waals surface area contributed by atoms with E-state index in [1.807, 2.05) is 13.8 Å². The van der Waals surface area contributed by atoms with Crippen LogP contribution >= 0.6 is 31.9 Å². The van der Waals surface area contributed by atoms with Crippen molar-refractivity contribution in [3.63, 3.8) is 0 Å². The van der Waals surface area contributed by atoms with Crippen molar-refractivity contribution in [1.29, 1.82) is 0 Å². The van der Waals surface area contributed by atoms with Crippen LogP contribution in [0.25, 0.3) is 0 Å². The third-order valence-electron chi connectivity index (χ3n) is 3.55. The highest BCUT2D eigenvalue weighted by Gasteiger charge is 2.27. The third kappa shape index (κ3) is 3.52. The zero-order chi connectivity index (χ0) is 16.4. The minimum absolute atomic E-state index is 0.0393. The second-order valence-corrected chi connectivity index (χ2v) is 7.04. The maximum absolute atomic E-state index is 12.7. The van der Waals surface area contributed by atoms with Gasteiger partial charge in [-0.05, 0) is 60.4 Å². The fourth-order valence-electron chi connectivity index (χ4n) is 2.32. The number of phenols is 2. The highest BCUT2D eigenvalue weighted by Crippen LogP contribution is 2.38. The van der Waals surface area contributed by atoms with Gasteiger partial charge in [-0.25, -0.2) is 0 Å². The molecule has 0 saturated carbocycles. The normalized spacial score (nSPS) is 13.6. The molecule has 0 amide bonds. The predicted molar refractivity (Wildman–Crippen MR) is 94.0 cm³/mol. The van der Waals surface area contributed by atoms with Crippen molar-refractivity contribution in [3.05, 3.63) is 58.7 Å². The Morgan fingerprint density at radius 3 is 1.55 bits per heavy atom. The Kier molecular flexibility index (Phi) is 5.29. The number of Topliss-reactive ketones (excluding diaryl/α,β-unsaturated/α-hetero) is 1. The first-order valence-corrected chi connectivity index (χ1v) is 8.55. The molecule has 0 aliphatic carbocycles. The van der Waals surface area contributed by atoms with Crippen LogP contribution in [0.4, 0.5) is 0 Å². The number of carbonyl (C=O) groups excluding carboxylic acids is 1. The summed E-state index contributed by atoms with van der Waals surface area (Å²) in [6.07, 6.45) is 0. The van der Waals surface area contributed by atoms with Crippen LogP contribution < -0.4 is 0 Å². The van der Waals surface area contributed by atoms with E-state index in [-0.39, 0.29) is 17.3 Å². The Bertz CT molecular complexity index is 654. The number of rotatable bonds is 4. The molecule has 0 spiro atoms. The molecule has 0 saturated heterocycles. The highest BCUT2D eigenvalue weighted by molar-refractivity contribution is 9.10. The van der Waals surface area contributed by atoms with Crippen molar-refractivity contribution in [2.24, 2.45) is 0 Å². The summed E-state index contributed by atoms with van der Waals surface area (Å²) in [5.41, 5.74) is 3.34. The molecule has 116 valence electrons. The van der Waals surface area contributed by atoms with Crippen molar-refractivity contribution < 1.29 is 15.0 Å². The molecule has 2 N–H and O–H groups in total. The van der Waals surface area contributed by atoms with Crippen LogP contribution in [-0.2, 0) is 4.79 Å². The van der Waals surface area contributed by atoms with Crippen LogP contribution in [0.1, 0.15) is 31.9 Å². The fourth-order valence-corrected chi connectivity index (χ4v) is 4.23. The number of aromatic hydroxyl groups is 2. The highest BCUT2D eigenvalue weighted by atomic mass is 79.9. The van der Waals surface area contributed by atoms with E-state index in [2.05, 4.69) is 31.9 Å². The predicted octanol–water partition coefficient (Wildman–Crippen LogP) is 4.86. The molecule has 0 fully saturated rings. The second-order valence-electron chi connectivity index (χ2n) is 5.21. The SMILES string of the molecule is Cc1cc(O)ccc1C(Br)C(=O)C(Br)c1ccc(O)cc1C. The van der Waals surface area contributed by atoms with Crippen LogP contribution in [-0.4, -0.2) is 16.0 Å².